The second-order valence-corrected chi connectivity index (χ2v) is 4.95. The summed E-state index contributed by atoms with van der Waals surface area (Å²) in [6, 6.07) is 8.72. The standard InChI is InChI=1S/C13H17N3O2/c1-10(15-9-13(2,3)8-14)11-4-6-12(7-5-11)16(17)18/h4-7,10,15H,9H2,1-3H3. The molecule has 0 spiro atoms. The smallest absolute Gasteiger partial charge is 0.269 e. The Bertz CT molecular complexity index is 460. The molecule has 0 aliphatic carbocycles. The van der Waals surface area contributed by atoms with Crippen molar-refractivity contribution >= 4 is 5.69 Å². The fourth-order valence-corrected chi connectivity index (χ4v) is 1.45. The molecule has 0 bridgehead atoms. The van der Waals surface area contributed by atoms with Crippen LogP contribution in [-0.2, 0) is 0 Å². The maximum absolute atomic E-state index is 10.5. The summed E-state index contributed by atoms with van der Waals surface area (Å²) in [5.41, 5.74) is 0.632. The van der Waals surface area contributed by atoms with Gasteiger partial charge in [-0.25, -0.2) is 0 Å². The third kappa shape index (κ3) is 3.82. The number of hydrogen-bond acceptors (Lipinski definition) is 4. The molecule has 0 heterocycles. The summed E-state index contributed by atoms with van der Waals surface area (Å²) in [6.07, 6.45) is 0. The fraction of sp³-hybridized carbons (Fsp3) is 0.462. The van der Waals surface area contributed by atoms with Gasteiger partial charge in [-0.1, -0.05) is 12.1 Å². The quantitative estimate of drug-likeness (QED) is 0.641. The van der Waals surface area contributed by atoms with E-state index in [4.69, 9.17) is 5.26 Å². The zero-order valence-electron chi connectivity index (χ0n) is 10.8. The van der Waals surface area contributed by atoms with Crippen molar-refractivity contribution < 1.29 is 4.92 Å². The summed E-state index contributed by atoms with van der Waals surface area (Å²) in [5.74, 6) is 0. The molecule has 1 aromatic rings. The maximum Gasteiger partial charge on any atom is 0.269 e. The van der Waals surface area contributed by atoms with Gasteiger partial charge in [0.05, 0.1) is 16.4 Å². The number of nitro benzene ring substituents is 1. The Morgan fingerprint density at radius 1 is 1.44 bits per heavy atom. The zero-order chi connectivity index (χ0) is 13.8. The third-order valence-corrected chi connectivity index (χ3v) is 2.76. The molecule has 1 unspecified atom stereocenters. The van der Waals surface area contributed by atoms with Gasteiger partial charge < -0.3 is 5.32 Å². The maximum atomic E-state index is 10.5. The van der Waals surface area contributed by atoms with Crippen LogP contribution in [0.1, 0.15) is 32.4 Å². The first-order valence-electron chi connectivity index (χ1n) is 5.75. The molecule has 0 radical (unpaired) electrons. The van der Waals surface area contributed by atoms with Crippen molar-refractivity contribution in [1.82, 2.24) is 5.32 Å². The van der Waals surface area contributed by atoms with Crippen molar-refractivity contribution in [2.45, 2.75) is 26.8 Å². The first-order chi connectivity index (χ1) is 8.35. The third-order valence-electron chi connectivity index (χ3n) is 2.76. The van der Waals surface area contributed by atoms with Gasteiger partial charge in [0.25, 0.3) is 5.69 Å². The predicted molar refractivity (Wildman–Crippen MR) is 68.9 cm³/mol. The number of nitrogens with zero attached hydrogens (tertiary/aromatic N) is 2. The van der Waals surface area contributed by atoms with E-state index >= 15 is 0 Å². The van der Waals surface area contributed by atoms with Crippen LogP contribution >= 0.6 is 0 Å². The largest absolute Gasteiger partial charge is 0.309 e. The Balaban J connectivity index is 2.65. The Morgan fingerprint density at radius 2 is 2.00 bits per heavy atom. The van der Waals surface area contributed by atoms with Crippen LogP contribution in [0.5, 0.6) is 0 Å². The molecule has 0 aliphatic heterocycles. The lowest BCUT2D eigenvalue weighted by molar-refractivity contribution is -0.384. The summed E-state index contributed by atoms with van der Waals surface area (Å²) in [6.45, 7) is 6.27. The van der Waals surface area contributed by atoms with E-state index in [-0.39, 0.29) is 11.7 Å². The van der Waals surface area contributed by atoms with E-state index in [9.17, 15) is 10.1 Å². The Hall–Kier alpha value is -1.93. The summed E-state index contributed by atoms with van der Waals surface area (Å²) in [7, 11) is 0. The monoisotopic (exact) mass is 247 g/mol. The van der Waals surface area contributed by atoms with E-state index in [1.54, 1.807) is 12.1 Å². The second-order valence-electron chi connectivity index (χ2n) is 4.95. The van der Waals surface area contributed by atoms with Gasteiger partial charge in [-0.2, -0.15) is 5.26 Å². The van der Waals surface area contributed by atoms with Crippen LogP contribution in [0, 0.1) is 26.9 Å². The summed E-state index contributed by atoms with van der Waals surface area (Å²) in [5, 5.41) is 22.7. The van der Waals surface area contributed by atoms with Crippen LogP contribution < -0.4 is 5.32 Å². The van der Waals surface area contributed by atoms with Crippen molar-refractivity contribution in [3.05, 3.63) is 39.9 Å². The highest BCUT2D eigenvalue weighted by atomic mass is 16.6. The topological polar surface area (TPSA) is 79.0 Å². The average Bonchev–Trinajstić information content (AvgIpc) is 2.36. The number of hydrogen-bond donors (Lipinski definition) is 1. The highest BCUT2D eigenvalue weighted by Gasteiger charge is 2.18. The minimum atomic E-state index is -0.422. The van der Waals surface area contributed by atoms with Gasteiger partial charge in [0.1, 0.15) is 0 Å². The van der Waals surface area contributed by atoms with Crippen molar-refractivity contribution in [2.24, 2.45) is 5.41 Å². The summed E-state index contributed by atoms with van der Waals surface area (Å²) >= 11 is 0. The Kier molecular flexibility index (Phi) is 4.40. The van der Waals surface area contributed by atoms with Gasteiger partial charge in [-0.3, -0.25) is 10.1 Å². The number of nitriles is 1. The molecule has 1 aromatic carbocycles. The van der Waals surface area contributed by atoms with Crippen LogP contribution in [0.3, 0.4) is 0 Å². The molecule has 1 atom stereocenters. The van der Waals surface area contributed by atoms with Gasteiger partial charge in [-0.15, -0.1) is 0 Å². The van der Waals surface area contributed by atoms with Gasteiger partial charge in [0.15, 0.2) is 0 Å². The second kappa shape index (κ2) is 5.61. The number of non-ortho nitro benzene ring substituents is 1. The lowest BCUT2D eigenvalue weighted by atomic mass is 9.95. The molecular formula is C13H17N3O2. The highest BCUT2D eigenvalue weighted by Crippen LogP contribution is 2.19. The molecule has 0 saturated carbocycles. The Labute approximate surface area is 107 Å². The SMILES string of the molecule is CC(NCC(C)(C)C#N)c1ccc([N+](=O)[O-])cc1. The fourth-order valence-electron chi connectivity index (χ4n) is 1.45. The highest BCUT2D eigenvalue weighted by molar-refractivity contribution is 5.34. The normalized spacial score (nSPS) is 12.8. The first-order valence-corrected chi connectivity index (χ1v) is 5.75. The molecule has 1 N–H and O–H groups in total. The number of rotatable bonds is 5. The van der Waals surface area contributed by atoms with Gasteiger partial charge in [-0.05, 0) is 26.3 Å². The van der Waals surface area contributed by atoms with Crippen LogP contribution in [0.25, 0.3) is 0 Å². The van der Waals surface area contributed by atoms with E-state index in [2.05, 4.69) is 11.4 Å². The van der Waals surface area contributed by atoms with Gasteiger partial charge >= 0.3 is 0 Å². The van der Waals surface area contributed by atoms with E-state index in [0.717, 1.165) is 5.56 Å². The van der Waals surface area contributed by atoms with Gasteiger partial charge in [0.2, 0.25) is 0 Å². The molecular weight excluding hydrogens is 230 g/mol. The molecule has 0 amide bonds. The van der Waals surface area contributed by atoms with Crippen LogP contribution in [0.4, 0.5) is 5.69 Å². The summed E-state index contributed by atoms with van der Waals surface area (Å²) in [4.78, 5) is 10.1. The average molecular weight is 247 g/mol. The van der Waals surface area contributed by atoms with Crippen molar-refractivity contribution in [2.75, 3.05) is 6.54 Å². The zero-order valence-corrected chi connectivity index (χ0v) is 10.8. The Morgan fingerprint density at radius 3 is 2.44 bits per heavy atom. The van der Waals surface area contributed by atoms with E-state index in [1.165, 1.54) is 12.1 Å². The molecule has 0 aliphatic rings. The molecule has 5 nitrogen and oxygen atoms in total. The molecule has 0 fully saturated rings. The minimum Gasteiger partial charge on any atom is -0.309 e. The van der Waals surface area contributed by atoms with Crippen molar-refractivity contribution in [1.29, 1.82) is 5.26 Å². The molecule has 1 rings (SSSR count). The minimum absolute atomic E-state index is 0.0541. The predicted octanol–water partition coefficient (Wildman–Crippen LogP) is 2.80. The number of nitro groups is 1. The number of nitrogens with one attached hydrogen (secondary N) is 1. The van der Waals surface area contributed by atoms with E-state index in [1.807, 2.05) is 20.8 Å². The molecule has 96 valence electrons. The van der Waals surface area contributed by atoms with Crippen LogP contribution in [-0.4, -0.2) is 11.5 Å². The van der Waals surface area contributed by atoms with E-state index in [0.29, 0.717) is 6.54 Å². The lowest BCUT2D eigenvalue weighted by Crippen LogP contribution is -2.30. The molecule has 0 saturated heterocycles. The summed E-state index contributed by atoms with van der Waals surface area (Å²) < 4.78 is 0. The first kappa shape index (κ1) is 14.1. The number of benzene rings is 1. The van der Waals surface area contributed by atoms with Crippen molar-refractivity contribution in [3.8, 4) is 6.07 Å². The molecule has 0 aromatic heterocycles. The van der Waals surface area contributed by atoms with Crippen LogP contribution in [0.15, 0.2) is 24.3 Å². The van der Waals surface area contributed by atoms with Gasteiger partial charge in [0, 0.05) is 24.7 Å². The molecule has 5 heteroatoms. The molecule has 18 heavy (non-hydrogen) atoms. The van der Waals surface area contributed by atoms with Crippen LogP contribution in [0.2, 0.25) is 0 Å². The van der Waals surface area contributed by atoms with Crippen molar-refractivity contribution in [3.63, 3.8) is 0 Å². The lowest BCUT2D eigenvalue weighted by Gasteiger charge is -2.20. The van der Waals surface area contributed by atoms with E-state index < -0.39 is 10.3 Å².